The molecule has 0 aliphatic heterocycles. The van der Waals surface area contributed by atoms with Crippen molar-refractivity contribution >= 4 is 23.3 Å². The zero-order valence-corrected chi connectivity index (χ0v) is 14.9. The molecule has 0 radical (unpaired) electrons. The Morgan fingerprint density at radius 1 is 0.926 bits per heavy atom. The summed E-state index contributed by atoms with van der Waals surface area (Å²) in [5.74, 6) is -0.885. The number of halogens is 4. The van der Waals surface area contributed by atoms with Crippen LogP contribution in [-0.4, -0.2) is 30.4 Å². The van der Waals surface area contributed by atoms with Crippen LogP contribution in [0, 0.1) is 0 Å². The minimum atomic E-state index is -3.74. The Morgan fingerprint density at radius 2 is 1.56 bits per heavy atom. The number of alkyl halides is 4. The summed E-state index contributed by atoms with van der Waals surface area (Å²) in [7, 11) is 0. The van der Waals surface area contributed by atoms with Gasteiger partial charge in [0.1, 0.15) is 5.75 Å². The molecule has 0 bridgehead atoms. The van der Waals surface area contributed by atoms with E-state index in [0.717, 1.165) is 6.07 Å². The Labute approximate surface area is 157 Å². The molecule has 0 aliphatic carbocycles. The lowest BCUT2D eigenvalue weighted by atomic mass is 10.0. The molecule has 0 unspecified atom stereocenters. The van der Waals surface area contributed by atoms with Crippen molar-refractivity contribution in [1.29, 1.82) is 0 Å². The number of benzene rings is 2. The van der Waals surface area contributed by atoms with Gasteiger partial charge in [0, 0.05) is 24.0 Å². The van der Waals surface area contributed by atoms with Gasteiger partial charge in [-0.2, -0.15) is 8.78 Å². The SMILES string of the molecule is O=C(CCC(=O)c1ccc(OCF)c(SC(F)(F)CF)c1)c1ccccc1. The molecule has 0 heterocycles. The number of Topliss-reactive ketones (excluding diaryl/α,β-unsaturated/α-hetero) is 2. The summed E-state index contributed by atoms with van der Waals surface area (Å²) in [6.07, 6.45) is -0.171. The van der Waals surface area contributed by atoms with Gasteiger partial charge in [-0.05, 0) is 30.0 Å². The molecule has 2 rings (SSSR count). The Bertz CT molecular complexity index is 797. The predicted molar refractivity (Wildman–Crippen MR) is 94.2 cm³/mol. The largest absolute Gasteiger partial charge is 0.462 e. The molecule has 0 fully saturated rings. The van der Waals surface area contributed by atoms with Gasteiger partial charge in [0.2, 0.25) is 6.86 Å². The van der Waals surface area contributed by atoms with Crippen molar-refractivity contribution in [2.24, 2.45) is 0 Å². The third-order valence-corrected chi connectivity index (χ3v) is 4.51. The van der Waals surface area contributed by atoms with E-state index in [0.29, 0.717) is 5.56 Å². The van der Waals surface area contributed by atoms with Crippen molar-refractivity contribution in [3.8, 4) is 5.75 Å². The van der Waals surface area contributed by atoms with Gasteiger partial charge in [-0.1, -0.05) is 30.3 Å². The Kier molecular flexibility index (Phi) is 7.41. The average Bonchev–Trinajstić information content (AvgIpc) is 2.67. The highest BCUT2D eigenvalue weighted by atomic mass is 32.2. The van der Waals surface area contributed by atoms with Crippen LogP contribution in [0.1, 0.15) is 33.6 Å². The van der Waals surface area contributed by atoms with Crippen LogP contribution in [0.5, 0.6) is 5.75 Å². The standard InChI is InChI=1S/C19H16F4O3S/c20-11-19(22,23)27-18-10-14(6-9-17(18)26-12-21)16(25)8-7-15(24)13-4-2-1-3-5-13/h1-6,9-10H,7-8,11-12H2. The first-order valence-electron chi connectivity index (χ1n) is 7.93. The number of rotatable bonds is 10. The highest BCUT2D eigenvalue weighted by molar-refractivity contribution is 8.00. The number of ether oxygens (including phenoxy) is 1. The quantitative estimate of drug-likeness (QED) is 0.300. The second-order valence-corrected chi connectivity index (χ2v) is 6.74. The number of carbonyl (C=O) groups is 2. The van der Waals surface area contributed by atoms with Crippen LogP contribution in [0.15, 0.2) is 53.4 Å². The molecule has 3 nitrogen and oxygen atoms in total. The van der Waals surface area contributed by atoms with Gasteiger partial charge in [0.05, 0.1) is 4.90 Å². The number of ketones is 2. The third kappa shape index (κ3) is 6.09. The highest BCUT2D eigenvalue weighted by Crippen LogP contribution is 2.41. The van der Waals surface area contributed by atoms with E-state index < -0.39 is 24.6 Å². The molecule has 0 saturated carbocycles. The fourth-order valence-corrected chi connectivity index (χ4v) is 3.06. The van der Waals surface area contributed by atoms with Crippen LogP contribution in [0.2, 0.25) is 0 Å². The van der Waals surface area contributed by atoms with Crippen molar-refractivity contribution in [3.05, 3.63) is 59.7 Å². The second kappa shape index (κ2) is 9.55. The molecule has 2 aromatic carbocycles. The van der Waals surface area contributed by atoms with Gasteiger partial charge in [-0.3, -0.25) is 9.59 Å². The summed E-state index contributed by atoms with van der Waals surface area (Å²) in [6.45, 7) is -3.18. The molecule has 2 aromatic rings. The molecule has 0 spiro atoms. The highest BCUT2D eigenvalue weighted by Gasteiger charge is 2.32. The lowest BCUT2D eigenvalue weighted by Crippen LogP contribution is -2.13. The molecule has 8 heteroatoms. The van der Waals surface area contributed by atoms with Crippen molar-refractivity contribution in [2.45, 2.75) is 23.0 Å². The fourth-order valence-electron chi connectivity index (χ4n) is 2.27. The molecular weight excluding hydrogens is 384 g/mol. The van der Waals surface area contributed by atoms with Crippen LogP contribution in [0.25, 0.3) is 0 Å². The van der Waals surface area contributed by atoms with Gasteiger partial charge in [-0.25, -0.2) is 8.78 Å². The number of hydrogen-bond donors (Lipinski definition) is 0. The summed E-state index contributed by atoms with van der Waals surface area (Å²) < 4.78 is 56.1. The third-order valence-electron chi connectivity index (χ3n) is 3.57. The first-order valence-corrected chi connectivity index (χ1v) is 8.75. The number of carbonyl (C=O) groups excluding carboxylic acids is 2. The predicted octanol–water partition coefficient (Wildman–Crippen LogP) is 5.49. The van der Waals surface area contributed by atoms with E-state index in [1.54, 1.807) is 30.3 Å². The maximum absolute atomic E-state index is 13.3. The van der Waals surface area contributed by atoms with E-state index in [-0.39, 0.29) is 46.6 Å². The molecule has 27 heavy (non-hydrogen) atoms. The second-order valence-electron chi connectivity index (χ2n) is 5.50. The van der Waals surface area contributed by atoms with Crippen LogP contribution < -0.4 is 4.74 Å². The molecule has 0 aliphatic rings. The summed E-state index contributed by atoms with van der Waals surface area (Å²) in [5, 5.41) is -3.74. The average molecular weight is 400 g/mol. The van der Waals surface area contributed by atoms with E-state index in [1.807, 2.05) is 0 Å². The van der Waals surface area contributed by atoms with Gasteiger partial charge in [0.25, 0.3) is 0 Å². The Morgan fingerprint density at radius 3 is 2.15 bits per heavy atom. The molecule has 144 valence electrons. The summed E-state index contributed by atoms with van der Waals surface area (Å²) >= 11 is -0.154. The summed E-state index contributed by atoms with van der Waals surface area (Å²) in [5.41, 5.74) is 0.523. The minimum absolute atomic E-state index is 0.0469. The van der Waals surface area contributed by atoms with E-state index in [2.05, 4.69) is 4.74 Å². The zero-order valence-electron chi connectivity index (χ0n) is 14.1. The molecule has 0 atom stereocenters. The first-order chi connectivity index (χ1) is 12.9. The molecular formula is C19H16F4O3S. The van der Waals surface area contributed by atoms with Gasteiger partial charge < -0.3 is 4.74 Å². The van der Waals surface area contributed by atoms with E-state index in [4.69, 9.17) is 0 Å². The topological polar surface area (TPSA) is 43.4 Å². The molecule has 0 N–H and O–H groups in total. The first kappa shape index (κ1) is 21.0. The van der Waals surface area contributed by atoms with Crippen molar-refractivity contribution < 1.29 is 31.9 Å². The number of hydrogen-bond acceptors (Lipinski definition) is 4. The van der Waals surface area contributed by atoms with Crippen LogP contribution in [0.3, 0.4) is 0 Å². The maximum atomic E-state index is 13.3. The number of thioether (sulfide) groups is 1. The zero-order chi connectivity index (χ0) is 19.9. The molecule has 0 saturated heterocycles. The Hall–Kier alpha value is -2.35. The lowest BCUT2D eigenvalue weighted by Gasteiger charge is -2.15. The van der Waals surface area contributed by atoms with E-state index in [1.165, 1.54) is 12.1 Å². The van der Waals surface area contributed by atoms with Crippen LogP contribution >= 0.6 is 11.8 Å². The van der Waals surface area contributed by atoms with Crippen LogP contribution in [-0.2, 0) is 0 Å². The van der Waals surface area contributed by atoms with E-state index >= 15 is 0 Å². The summed E-state index contributed by atoms with van der Waals surface area (Å²) in [6, 6.07) is 12.0. The van der Waals surface area contributed by atoms with Crippen molar-refractivity contribution in [2.75, 3.05) is 13.5 Å². The maximum Gasteiger partial charge on any atom is 0.326 e. The van der Waals surface area contributed by atoms with Crippen LogP contribution in [0.4, 0.5) is 17.6 Å². The molecule has 0 aromatic heterocycles. The Balaban J connectivity index is 2.12. The summed E-state index contributed by atoms with van der Waals surface area (Å²) in [4.78, 5) is 24.1. The van der Waals surface area contributed by atoms with Gasteiger partial charge in [0.15, 0.2) is 18.2 Å². The molecule has 0 amide bonds. The smallest absolute Gasteiger partial charge is 0.326 e. The van der Waals surface area contributed by atoms with E-state index in [9.17, 15) is 27.2 Å². The fraction of sp³-hybridized carbons (Fsp3) is 0.263. The minimum Gasteiger partial charge on any atom is -0.462 e. The monoisotopic (exact) mass is 400 g/mol. The van der Waals surface area contributed by atoms with Crippen molar-refractivity contribution in [1.82, 2.24) is 0 Å². The normalized spacial score (nSPS) is 11.3. The van der Waals surface area contributed by atoms with Gasteiger partial charge >= 0.3 is 5.25 Å². The lowest BCUT2D eigenvalue weighted by molar-refractivity contribution is 0.0738. The van der Waals surface area contributed by atoms with Gasteiger partial charge in [-0.15, -0.1) is 0 Å². The van der Waals surface area contributed by atoms with Crippen molar-refractivity contribution in [3.63, 3.8) is 0 Å².